The van der Waals surface area contributed by atoms with E-state index in [1.807, 2.05) is 0 Å². The van der Waals surface area contributed by atoms with Gasteiger partial charge in [0, 0.05) is 30.7 Å². The number of likely N-dealkylation sites (N-methyl/N-ethyl adjacent to an activating group) is 1. The van der Waals surface area contributed by atoms with Crippen LogP contribution in [0.15, 0.2) is 12.1 Å². The van der Waals surface area contributed by atoms with Gasteiger partial charge < -0.3 is 35.5 Å². The van der Waals surface area contributed by atoms with E-state index in [2.05, 4.69) is 7.05 Å². The van der Waals surface area contributed by atoms with Crippen LogP contribution in [-0.2, 0) is 27.0 Å². The number of nitrogens with zero attached hydrogens (tertiary/aromatic N) is 1. The van der Waals surface area contributed by atoms with Gasteiger partial charge in [0.15, 0.2) is 23.4 Å². The third-order valence-electron chi connectivity index (χ3n) is 8.46. The van der Waals surface area contributed by atoms with E-state index in [0.29, 0.717) is 30.7 Å². The monoisotopic (exact) mass is 515 g/mol. The molecule has 2 aliphatic heterocycles. The van der Waals surface area contributed by atoms with Crippen molar-refractivity contribution < 1.29 is 53.3 Å². The lowest BCUT2D eigenvalue weighted by atomic mass is 9.48. The first-order valence-electron chi connectivity index (χ1n) is 10.7. The van der Waals surface area contributed by atoms with Crippen molar-refractivity contribution in [3.05, 3.63) is 23.3 Å². The van der Waals surface area contributed by atoms with Crippen molar-refractivity contribution in [3.63, 3.8) is 0 Å². The number of Topliss-reactive ketones (excluding diaryl/α,β-unsaturated/α-hetero) is 1. The highest BCUT2D eigenvalue weighted by Gasteiger charge is 2.76. The number of carbonyl (C=O) groups is 1. The van der Waals surface area contributed by atoms with E-state index in [1.54, 1.807) is 6.07 Å². The lowest BCUT2D eigenvalue weighted by Crippen LogP contribution is -3.00. The van der Waals surface area contributed by atoms with Crippen molar-refractivity contribution in [2.24, 2.45) is 5.92 Å². The topological polar surface area (TPSA) is 110 Å². The Bertz CT molecular complexity index is 1090. The fourth-order valence-electron chi connectivity index (χ4n) is 7.11. The predicted octanol–water partition coefficient (Wildman–Crippen LogP) is -1.85. The summed E-state index contributed by atoms with van der Waals surface area (Å²) in [7, 11) is -2.51. The molecular formula is C21H26BrNO7S. The fraction of sp³-hybridized carbons (Fsp3) is 0.667. The van der Waals surface area contributed by atoms with Crippen LogP contribution in [0.4, 0.5) is 0 Å². The molecule has 3 aliphatic carbocycles. The third-order valence-corrected chi connectivity index (χ3v) is 8.85. The zero-order valence-corrected chi connectivity index (χ0v) is 19.6. The van der Waals surface area contributed by atoms with E-state index in [0.717, 1.165) is 23.1 Å². The second-order valence-electron chi connectivity index (χ2n) is 10.1. The molecule has 6 rings (SSSR count). The van der Waals surface area contributed by atoms with E-state index in [1.165, 1.54) is 18.9 Å². The largest absolute Gasteiger partial charge is 1.00 e. The van der Waals surface area contributed by atoms with Gasteiger partial charge in [0.1, 0.15) is 11.6 Å². The van der Waals surface area contributed by atoms with Gasteiger partial charge >= 0.3 is 10.4 Å². The van der Waals surface area contributed by atoms with Crippen molar-refractivity contribution in [1.82, 2.24) is 0 Å². The molecule has 2 N–H and O–H groups in total. The van der Waals surface area contributed by atoms with Crippen molar-refractivity contribution in [3.8, 4) is 11.5 Å². The molecule has 3 fully saturated rings. The number of likely N-dealkylation sites (tertiary alicyclic amines) is 1. The molecule has 1 spiro atoms. The molecule has 0 aromatic heterocycles. The Balaban J connectivity index is 0.00000204. The average molecular weight is 516 g/mol. The molecule has 31 heavy (non-hydrogen) atoms. The Kier molecular flexibility index (Phi) is 4.49. The Hall–Kier alpha value is -1.20. The number of hydrogen-bond acceptors (Lipinski definition) is 6. The van der Waals surface area contributed by atoms with E-state index in [-0.39, 0.29) is 46.7 Å². The third kappa shape index (κ3) is 2.75. The molecule has 2 saturated carbocycles. The Morgan fingerprint density at radius 2 is 2.03 bits per heavy atom. The second kappa shape index (κ2) is 6.44. The Labute approximate surface area is 191 Å². The standard InChI is InChI=1S/C21H25NO7S.BrH/c1-22(11-12-2-3-12)9-8-20-17-13-4-5-15(29-30(25,26)27)18(17)28-19(20)14(23)6-7-21(20,24)16(22)10-13;/h4-5,12,16,19,24H,2-3,6-11H2,1H3;1H/t16-,19+,20+,21-,22?;/m1./s1. The van der Waals surface area contributed by atoms with Gasteiger partial charge in [-0.1, -0.05) is 6.07 Å². The zero-order valence-electron chi connectivity index (χ0n) is 17.2. The first-order chi connectivity index (χ1) is 14.1. The predicted molar refractivity (Wildman–Crippen MR) is 105 cm³/mol. The smallest absolute Gasteiger partial charge is 0.446 e. The first-order valence-corrected chi connectivity index (χ1v) is 12.0. The van der Waals surface area contributed by atoms with Gasteiger partial charge in [0.05, 0.1) is 25.6 Å². The minimum atomic E-state index is -4.75. The Morgan fingerprint density at radius 3 is 2.71 bits per heavy atom. The average Bonchev–Trinajstić information content (AvgIpc) is 3.38. The number of benzene rings is 1. The van der Waals surface area contributed by atoms with Gasteiger partial charge in [-0.15, -0.1) is 0 Å². The first kappa shape index (κ1) is 21.6. The molecule has 1 aromatic carbocycles. The van der Waals surface area contributed by atoms with E-state index in [4.69, 9.17) is 8.92 Å². The summed E-state index contributed by atoms with van der Waals surface area (Å²) in [4.78, 5) is 13.0. The van der Waals surface area contributed by atoms with Gasteiger partial charge in [-0.2, -0.15) is 8.42 Å². The number of rotatable bonds is 4. The molecule has 1 aromatic rings. The van der Waals surface area contributed by atoms with Crippen LogP contribution < -0.4 is 25.9 Å². The van der Waals surface area contributed by atoms with Crippen LogP contribution in [-0.4, -0.2) is 66.2 Å². The number of aliphatic hydroxyl groups is 1. The fourth-order valence-corrected chi connectivity index (χ4v) is 7.47. The normalized spacial score (nSPS) is 39.9. The van der Waals surface area contributed by atoms with Gasteiger partial charge in [-0.05, 0) is 30.9 Å². The molecule has 5 atom stereocenters. The molecule has 5 aliphatic rings. The highest BCUT2D eigenvalue weighted by molar-refractivity contribution is 7.81. The minimum absolute atomic E-state index is 0. The number of hydrogen-bond donors (Lipinski definition) is 2. The molecule has 2 bridgehead atoms. The zero-order chi connectivity index (χ0) is 21.1. The van der Waals surface area contributed by atoms with E-state index in [9.17, 15) is 22.9 Å². The summed E-state index contributed by atoms with van der Waals surface area (Å²) >= 11 is 0. The van der Waals surface area contributed by atoms with Gasteiger partial charge in [-0.25, -0.2) is 0 Å². The van der Waals surface area contributed by atoms with E-state index < -0.39 is 27.5 Å². The summed E-state index contributed by atoms with van der Waals surface area (Å²) in [6, 6.07) is 3.23. The van der Waals surface area contributed by atoms with E-state index >= 15 is 0 Å². The molecule has 0 amide bonds. The van der Waals surface area contributed by atoms with Crippen molar-refractivity contribution >= 4 is 16.2 Å². The summed E-state index contributed by atoms with van der Waals surface area (Å²) in [5.74, 6) is 0.685. The summed E-state index contributed by atoms with van der Waals surface area (Å²) in [6.45, 7) is 1.87. The van der Waals surface area contributed by atoms with Crippen LogP contribution in [0.5, 0.6) is 11.5 Å². The van der Waals surface area contributed by atoms with Crippen LogP contribution in [0.2, 0.25) is 0 Å². The van der Waals surface area contributed by atoms with Crippen LogP contribution in [0, 0.1) is 5.92 Å². The lowest BCUT2D eigenvalue weighted by molar-refractivity contribution is -0.950. The molecule has 10 heteroatoms. The molecule has 8 nitrogen and oxygen atoms in total. The van der Waals surface area contributed by atoms with Gasteiger partial charge in [-0.3, -0.25) is 9.35 Å². The number of quaternary nitrogens is 1. The van der Waals surface area contributed by atoms with Crippen molar-refractivity contribution in [1.29, 1.82) is 0 Å². The van der Waals surface area contributed by atoms with Crippen LogP contribution in [0.3, 0.4) is 0 Å². The number of carbonyl (C=O) groups excluding carboxylic acids is 1. The summed E-state index contributed by atoms with van der Waals surface area (Å²) in [6.07, 6.45) is 3.48. The van der Waals surface area contributed by atoms with Crippen LogP contribution in [0.25, 0.3) is 0 Å². The highest BCUT2D eigenvalue weighted by atomic mass is 79.9. The maximum Gasteiger partial charge on any atom is 0.446 e. The number of ether oxygens (including phenoxy) is 1. The number of piperidine rings is 1. The van der Waals surface area contributed by atoms with Crippen molar-refractivity contribution in [2.45, 2.75) is 61.7 Å². The molecule has 0 radical (unpaired) electrons. The van der Waals surface area contributed by atoms with Crippen molar-refractivity contribution in [2.75, 3.05) is 20.1 Å². The molecule has 2 heterocycles. The maximum atomic E-state index is 13.0. The highest BCUT2D eigenvalue weighted by Crippen LogP contribution is 2.66. The maximum absolute atomic E-state index is 13.0. The molecule has 1 unspecified atom stereocenters. The summed E-state index contributed by atoms with van der Waals surface area (Å²) in [5, 5.41) is 12.3. The molecule has 170 valence electrons. The Morgan fingerprint density at radius 1 is 1.29 bits per heavy atom. The minimum Gasteiger partial charge on any atom is -1.00 e. The second-order valence-corrected chi connectivity index (χ2v) is 11.1. The van der Waals surface area contributed by atoms with Gasteiger partial charge in [0.2, 0.25) is 0 Å². The lowest BCUT2D eigenvalue weighted by Gasteiger charge is -2.64. The number of halogens is 1. The molecule has 1 saturated heterocycles. The van der Waals surface area contributed by atoms with Crippen LogP contribution >= 0.6 is 0 Å². The summed E-state index contributed by atoms with van der Waals surface area (Å²) < 4.78 is 43.6. The SMILES string of the molecule is C[N+]1(CC2CC2)CC[C@]23c4c5ccc(OS(=O)(=O)O)c4O[C@H]2C(=O)CC[C@@]3(O)[C@H]1C5.[Br-]. The van der Waals surface area contributed by atoms with Crippen LogP contribution in [0.1, 0.15) is 43.2 Å². The number of ketones is 1. The summed E-state index contributed by atoms with van der Waals surface area (Å²) in [5.41, 5.74) is -0.323. The van der Waals surface area contributed by atoms with Gasteiger partial charge in [0.25, 0.3) is 0 Å². The quantitative estimate of drug-likeness (QED) is 0.357. The molecular weight excluding hydrogens is 490 g/mol.